The van der Waals surface area contributed by atoms with E-state index >= 15 is 0 Å². The minimum Gasteiger partial charge on any atom is -0.495 e. The number of carbonyl (C=O) groups excluding carboxylic acids is 1. The summed E-state index contributed by atoms with van der Waals surface area (Å²) in [7, 11) is 1.57. The highest BCUT2D eigenvalue weighted by atomic mass is 16.6. The fourth-order valence-corrected chi connectivity index (χ4v) is 2.70. The van der Waals surface area contributed by atoms with Crippen LogP contribution in [-0.2, 0) is 0 Å². The lowest BCUT2D eigenvalue weighted by Crippen LogP contribution is -2.59. The molecule has 0 radical (unpaired) electrons. The molecule has 0 aromatic carbocycles. The molecule has 2 fully saturated rings. The summed E-state index contributed by atoms with van der Waals surface area (Å²) in [6.07, 6.45) is 3.31. The molecule has 0 atom stereocenters. The van der Waals surface area contributed by atoms with E-state index in [-0.39, 0.29) is 6.09 Å². The van der Waals surface area contributed by atoms with Crippen molar-refractivity contribution in [2.24, 2.45) is 5.41 Å². The van der Waals surface area contributed by atoms with Crippen molar-refractivity contribution >= 4 is 6.09 Å². The molecule has 1 spiro atoms. The summed E-state index contributed by atoms with van der Waals surface area (Å²) in [5.41, 5.74) is 0.426. The van der Waals surface area contributed by atoms with Gasteiger partial charge in [-0.05, 0) is 24.3 Å². The van der Waals surface area contributed by atoms with Gasteiger partial charge >= 0.3 is 6.09 Å². The Labute approximate surface area is 118 Å². The first kappa shape index (κ1) is 13.2. The largest absolute Gasteiger partial charge is 0.495 e. The van der Waals surface area contributed by atoms with Crippen LogP contribution in [0.2, 0.25) is 0 Å². The second-order valence-electron chi connectivity index (χ2n) is 5.49. The molecule has 2 saturated heterocycles. The summed E-state index contributed by atoms with van der Waals surface area (Å²) in [5, 5.41) is 3.31. The number of amides is 1. The minimum atomic E-state index is -0.315. The zero-order valence-electron chi connectivity index (χ0n) is 11.6. The van der Waals surface area contributed by atoms with Crippen molar-refractivity contribution in [3.63, 3.8) is 0 Å². The Morgan fingerprint density at radius 2 is 2.10 bits per heavy atom. The number of likely N-dealkylation sites (tertiary alicyclic amines) is 1. The van der Waals surface area contributed by atoms with Crippen LogP contribution in [0.15, 0.2) is 18.3 Å². The molecule has 1 N–H and O–H groups in total. The lowest BCUT2D eigenvalue weighted by Gasteiger charge is -2.47. The highest BCUT2D eigenvalue weighted by molar-refractivity contribution is 5.70. The van der Waals surface area contributed by atoms with Crippen LogP contribution in [0.1, 0.15) is 12.8 Å². The van der Waals surface area contributed by atoms with Crippen LogP contribution in [0, 0.1) is 5.41 Å². The van der Waals surface area contributed by atoms with E-state index in [2.05, 4.69) is 10.3 Å². The van der Waals surface area contributed by atoms with Crippen LogP contribution in [0.5, 0.6) is 11.6 Å². The predicted octanol–water partition coefficient (Wildman–Crippen LogP) is 1.27. The molecule has 2 aliphatic rings. The zero-order valence-corrected chi connectivity index (χ0v) is 11.6. The van der Waals surface area contributed by atoms with Gasteiger partial charge < -0.3 is 19.7 Å². The molecule has 6 nitrogen and oxygen atoms in total. The molecule has 1 aromatic heterocycles. The average molecular weight is 277 g/mol. The van der Waals surface area contributed by atoms with Crippen molar-refractivity contribution < 1.29 is 14.3 Å². The highest BCUT2D eigenvalue weighted by Crippen LogP contribution is 2.35. The van der Waals surface area contributed by atoms with E-state index in [0.29, 0.717) is 17.0 Å². The second-order valence-corrected chi connectivity index (χ2v) is 5.49. The lowest BCUT2D eigenvalue weighted by molar-refractivity contribution is 0.0564. The SMILES string of the molecule is COc1ccc(OC(=O)N2CCC3(CC2)CNC3)nc1. The molecule has 20 heavy (non-hydrogen) atoms. The highest BCUT2D eigenvalue weighted by Gasteiger charge is 2.40. The number of pyridine rings is 1. The minimum absolute atomic E-state index is 0.307. The van der Waals surface area contributed by atoms with Crippen LogP contribution < -0.4 is 14.8 Å². The first-order chi connectivity index (χ1) is 9.71. The van der Waals surface area contributed by atoms with Gasteiger partial charge in [0.1, 0.15) is 5.75 Å². The predicted molar refractivity (Wildman–Crippen MR) is 72.9 cm³/mol. The molecule has 108 valence electrons. The molecule has 1 aromatic rings. The number of hydrogen-bond acceptors (Lipinski definition) is 5. The number of rotatable bonds is 2. The summed E-state index contributed by atoms with van der Waals surface area (Å²) in [6.45, 7) is 3.68. The van der Waals surface area contributed by atoms with Crippen molar-refractivity contribution in [3.05, 3.63) is 18.3 Å². The van der Waals surface area contributed by atoms with Crippen LogP contribution >= 0.6 is 0 Å². The maximum atomic E-state index is 12.1. The third-order valence-electron chi connectivity index (χ3n) is 4.22. The maximum absolute atomic E-state index is 12.1. The standard InChI is InChI=1S/C14H19N3O3/c1-19-11-2-3-12(16-8-11)20-13(18)17-6-4-14(5-7-17)9-15-10-14/h2-3,8,15H,4-7,9-10H2,1H3. The monoisotopic (exact) mass is 277 g/mol. The quantitative estimate of drug-likeness (QED) is 0.882. The van der Waals surface area contributed by atoms with Crippen molar-refractivity contribution in [3.8, 4) is 11.6 Å². The smallest absolute Gasteiger partial charge is 0.416 e. The number of methoxy groups -OCH3 is 1. The summed E-state index contributed by atoms with van der Waals surface area (Å²) in [4.78, 5) is 17.9. The van der Waals surface area contributed by atoms with E-state index in [4.69, 9.17) is 9.47 Å². The Bertz CT molecular complexity index is 475. The van der Waals surface area contributed by atoms with E-state index in [1.165, 1.54) is 6.20 Å². The third kappa shape index (κ3) is 2.56. The molecule has 0 saturated carbocycles. The molecule has 3 rings (SSSR count). The molecule has 2 aliphatic heterocycles. The second kappa shape index (κ2) is 5.28. The number of hydrogen-bond donors (Lipinski definition) is 1. The van der Waals surface area contributed by atoms with Gasteiger partial charge in [-0.1, -0.05) is 0 Å². The van der Waals surface area contributed by atoms with Gasteiger partial charge in [-0.3, -0.25) is 0 Å². The van der Waals surface area contributed by atoms with Gasteiger partial charge in [0.25, 0.3) is 0 Å². The topological polar surface area (TPSA) is 63.7 Å². The van der Waals surface area contributed by atoms with Gasteiger partial charge in [0, 0.05) is 32.2 Å². The molecule has 6 heteroatoms. The van der Waals surface area contributed by atoms with E-state index in [0.717, 1.165) is 39.0 Å². The van der Waals surface area contributed by atoms with Crippen molar-refractivity contribution in [1.29, 1.82) is 0 Å². The average Bonchev–Trinajstić information content (AvgIpc) is 2.46. The maximum Gasteiger partial charge on any atom is 0.416 e. The van der Waals surface area contributed by atoms with E-state index in [1.54, 1.807) is 24.1 Å². The van der Waals surface area contributed by atoms with Gasteiger partial charge in [0.2, 0.25) is 5.88 Å². The number of aromatic nitrogens is 1. The normalized spacial score (nSPS) is 20.4. The molecular formula is C14H19N3O3. The number of nitrogens with zero attached hydrogens (tertiary/aromatic N) is 2. The number of nitrogens with one attached hydrogen (secondary N) is 1. The molecule has 1 amide bonds. The Morgan fingerprint density at radius 3 is 2.60 bits per heavy atom. The first-order valence-electron chi connectivity index (χ1n) is 6.88. The van der Waals surface area contributed by atoms with Crippen LogP contribution in [0.3, 0.4) is 0 Å². The number of piperidine rings is 1. The number of ether oxygens (including phenoxy) is 2. The Balaban J connectivity index is 1.53. The summed E-state index contributed by atoms with van der Waals surface area (Å²) in [5.74, 6) is 0.948. The fraction of sp³-hybridized carbons (Fsp3) is 0.571. The zero-order chi connectivity index (χ0) is 14.0. The lowest BCUT2D eigenvalue weighted by atomic mass is 9.73. The van der Waals surface area contributed by atoms with Gasteiger partial charge in [0.15, 0.2) is 0 Å². The van der Waals surface area contributed by atoms with Crippen LogP contribution in [-0.4, -0.2) is 49.3 Å². The Hall–Kier alpha value is -1.82. The number of carbonyl (C=O) groups is 1. The molecule has 3 heterocycles. The molecular weight excluding hydrogens is 258 g/mol. The summed E-state index contributed by atoms with van der Waals surface area (Å²) >= 11 is 0. The van der Waals surface area contributed by atoms with Gasteiger partial charge in [-0.25, -0.2) is 9.78 Å². The van der Waals surface area contributed by atoms with Crippen molar-refractivity contribution in [1.82, 2.24) is 15.2 Å². The molecule has 0 unspecified atom stereocenters. The van der Waals surface area contributed by atoms with Gasteiger partial charge in [-0.2, -0.15) is 0 Å². The molecule has 0 aliphatic carbocycles. The summed E-state index contributed by atoms with van der Waals surface area (Å²) < 4.78 is 10.3. The third-order valence-corrected chi connectivity index (χ3v) is 4.22. The first-order valence-corrected chi connectivity index (χ1v) is 6.88. The molecule has 0 bridgehead atoms. The summed E-state index contributed by atoms with van der Waals surface area (Å²) in [6, 6.07) is 3.36. The van der Waals surface area contributed by atoms with Crippen molar-refractivity contribution in [2.45, 2.75) is 12.8 Å². The fourth-order valence-electron chi connectivity index (χ4n) is 2.70. The van der Waals surface area contributed by atoms with Crippen LogP contribution in [0.25, 0.3) is 0 Å². The van der Waals surface area contributed by atoms with E-state index in [9.17, 15) is 4.79 Å². The van der Waals surface area contributed by atoms with Gasteiger partial charge in [-0.15, -0.1) is 0 Å². The Kier molecular flexibility index (Phi) is 3.48. The van der Waals surface area contributed by atoms with Crippen molar-refractivity contribution in [2.75, 3.05) is 33.3 Å². The van der Waals surface area contributed by atoms with Crippen LogP contribution in [0.4, 0.5) is 4.79 Å². The van der Waals surface area contributed by atoms with E-state index in [1.807, 2.05) is 0 Å². The van der Waals surface area contributed by atoms with Gasteiger partial charge in [0.05, 0.1) is 13.3 Å². The van der Waals surface area contributed by atoms with E-state index < -0.39 is 0 Å². The Morgan fingerprint density at radius 1 is 1.35 bits per heavy atom.